The van der Waals surface area contributed by atoms with Gasteiger partial charge in [-0.25, -0.2) is 4.79 Å². The van der Waals surface area contributed by atoms with E-state index in [-0.39, 0.29) is 30.4 Å². The Morgan fingerprint density at radius 2 is 1.61 bits per heavy atom. The number of benzene rings is 1. The molecule has 1 atom stereocenters. The molecule has 33 heavy (non-hydrogen) atoms. The molecule has 1 aromatic carbocycles. The van der Waals surface area contributed by atoms with Crippen molar-refractivity contribution in [3.63, 3.8) is 0 Å². The molecule has 1 aliphatic heterocycles. The standard InChI is InChI=1S/C26H39N3O4/c1-25(2,3)32-23(30)13-10-20(18-27)19-8-11-22(12-9-19)29-16-14-21(15-17-29)28(7)24(31)33-26(4,5)6/h8-9,11-12,20-21H,10,13-17H2,1-7H3. The molecule has 0 aromatic heterocycles. The summed E-state index contributed by atoms with van der Waals surface area (Å²) in [7, 11) is 1.81. The summed E-state index contributed by atoms with van der Waals surface area (Å²) in [5.74, 6) is -0.627. The molecular weight excluding hydrogens is 418 g/mol. The summed E-state index contributed by atoms with van der Waals surface area (Å²) in [5, 5.41) is 9.58. The SMILES string of the molecule is CN(C(=O)OC(C)(C)C)C1CCN(c2ccc(C(C#N)CCC(=O)OC(C)(C)C)cc2)CC1. The molecular formula is C26H39N3O4. The highest BCUT2D eigenvalue weighted by Crippen LogP contribution is 2.27. The second-order valence-corrected chi connectivity index (χ2v) is 10.7. The first-order chi connectivity index (χ1) is 15.3. The predicted molar refractivity (Wildman–Crippen MR) is 129 cm³/mol. The van der Waals surface area contributed by atoms with Gasteiger partial charge in [-0.1, -0.05) is 12.1 Å². The van der Waals surface area contributed by atoms with E-state index < -0.39 is 11.2 Å². The van der Waals surface area contributed by atoms with Crippen LogP contribution in [0, 0.1) is 11.3 Å². The van der Waals surface area contributed by atoms with E-state index in [9.17, 15) is 14.9 Å². The predicted octanol–water partition coefficient (Wildman–Crippen LogP) is 5.25. The highest BCUT2D eigenvalue weighted by atomic mass is 16.6. The highest BCUT2D eigenvalue weighted by Gasteiger charge is 2.28. The number of amides is 1. The van der Waals surface area contributed by atoms with Crippen LogP contribution in [-0.2, 0) is 14.3 Å². The maximum atomic E-state index is 12.3. The number of nitriles is 1. The monoisotopic (exact) mass is 457 g/mol. The van der Waals surface area contributed by atoms with Gasteiger partial charge in [0.15, 0.2) is 0 Å². The number of ether oxygens (including phenoxy) is 2. The Labute approximate surface area is 198 Å². The van der Waals surface area contributed by atoms with E-state index in [0.29, 0.717) is 6.42 Å². The number of nitrogens with zero attached hydrogens (tertiary/aromatic N) is 3. The maximum absolute atomic E-state index is 12.3. The van der Waals surface area contributed by atoms with Crippen molar-refractivity contribution < 1.29 is 19.1 Å². The molecule has 0 saturated carbocycles. The minimum atomic E-state index is -0.518. The molecule has 2 rings (SSSR count). The van der Waals surface area contributed by atoms with Crippen molar-refractivity contribution in [2.75, 3.05) is 25.0 Å². The molecule has 1 amide bonds. The highest BCUT2D eigenvalue weighted by molar-refractivity contribution is 5.70. The summed E-state index contributed by atoms with van der Waals surface area (Å²) < 4.78 is 10.8. The number of carbonyl (C=O) groups excluding carboxylic acids is 2. The van der Waals surface area contributed by atoms with Crippen molar-refractivity contribution in [3.05, 3.63) is 29.8 Å². The average molecular weight is 458 g/mol. The van der Waals surface area contributed by atoms with Gasteiger partial charge in [0, 0.05) is 38.3 Å². The summed E-state index contributed by atoms with van der Waals surface area (Å²) in [6.45, 7) is 12.8. The lowest BCUT2D eigenvalue weighted by atomic mass is 9.95. The third-order valence-corrected chi connectivity index (χ3v) is 5.57. The van der Waals surface area contributed by atoms with Crippen molar-refractivity contribution in [1.82, 2.24) is 4.90 Å². The van der Waals surface area contributed by atoms with Crippen LogP contribution in [0.3, 0.4) is 0 Å². The van der Waals surface area contributed by atoms with Gasteiger partial charge in [-0.3, -0.25) is 4.79 Å². The van der Waals surface area contributed by atoms with E-state index in [1.165, 1.54) is 0 Å². The molecule has 0 radical (unpaired) electrons. The largest absolute Gasteiger partial charge is 0.460 e. The Bertz CT molecular complexity index is 838. The third-order valence-electron chi connectivity index (χ3n) is 5.57. The van der Waals surface area contributed by atoms with Gasteiger partial charge in [-0.2, -0.15) is 5.26 Å². The topological polar surface area (TPSA) is 82.9 Å². The van der Waals surface area contributed by atoms with Crippen molar-refractivity contribution in [2.45, 2.75) is 90.4 Å². The fraction of sp³-hybridized carbons (Fsp3) is 0.654. The van der Waals surface area contributed by atoms with Crippen LogP contribution in [0.2, 0.25) is 0 Å². The van der Waals surface area contributed by atoms with Gasteiger partial charge < -0.3 is 19.3 Å². The Morgan fingerprint density at radius 1 is 1.06 bits per heavy atom. The fourth-order valence-electron chi connectivity index (χ4n) is 3.87. The van der Waals surface area contributed by atoms with Gasteiger partial charge in [-0.15, -0.1) is 0 Å². The minimum absolute atomic E-state index is 0.159. The summed E-state index contributed by atoms with van der Waals surface area (Å²) in [4.78, 5) is 28.3. The number of esters is 1. The minimum Gasteiger partial charge on any atom is -0.460 e. The Morgan fingerprint density at radius 3 is 2.09 bits per heavy atom. The molecule has 0 aliphatic carbocycles. The van der Waals surface area contributed by atoms with Gasteiger partial charge in [0.05, 0.1) is 12.0 Å². The first-order valence-corrected chi connectivity index (χ1v) is 11.7. The van der Waals surface area contributed by atoms with Gasteiger partial charge in [0.1, 0.15) is 11.2 Å². The van der Waals surface area contributed by atoms with Gasteiger partial charge in [0.25, 0.3) is 0 Å². The Hall–Kier alpha value is -2.75. The zero-order chi connectivity index (χ0) is 24.8. The quantitative estimate of drug-likeness (QED) is 0.543. The lowest BCUT2D eigenvalue weighted by molar-refractivity contribution is -0.154. The smallest absolute Gasteiger partial charge is 0.410 e. The number of hydrogen-bond donors (Lipinski definition) is 0. The second kappa shape index (κ2) is 10.9. The van der Waals surface area contributed by atoms with Crippen LogP contribution in [0.5, 0.6) is 0 Å². The van der Waals surface area contributed by atoms with Crippen LogP contribution in [0.15, 0.2) is 24.3 Å². The molecule has 7 nitrogen and oxygen atoms in total. The molecule has 1 heterocycles. The van der Waals surface area contributed by atoms with E-state index >= 15 is 0 Å². The van der Waals surface area contributed by atoms with Gasteiger partial charge in [0.2, 0.25) is 0 Å². The summed E-state index contributed by atoms with van der Waals surface area (Å²) in [5.41, 5.74) is 0.989. The van der Waals surface area contributed by atoms with Crippen LogP contribution < -0.4 is 4.90 Å². The maximum Gasteiger partial charge on any atom is 0.410 e. The zero-order valence-corrected chi connectivity index (χ0v) is 21.2. The van der Waals surface area contributed by atoms with Crippen LogP contribution in [0.4, 0.5) is 10.5 Å². The molecule has 1 aliphatic rings. The van der Waals surface area contributed by atoms with Crippen LogP contribution in [0.1, 0.15) is 78.7 Å². The molecule has 182 valence electrons. The Balaban J connectivity index is 1.89. The van der Waals surface area contributed by atoms with Crippen LogP contribution >= 0.6 is 0 Å². The summed E-state index contributed by atoms with van der Waals surface area (Å²) in [6, 6.07) is 10.5. The molecule has 1 unspecified atom stereocenters. The van der Waals surface area contributed by atoms with Gasteiger partial charge in [-0.05, 0) is 78.5 Å². The first-order valence-electron chi connectivity index (χ1n) is 11.7. The van der Waals surface area contributed by atoms with E-state index in [1.54, 1.807) is 4.90 Å². The molecule has 0 bridgehead atoms. The number of rotatable bonds is 6. The number of hydrogen-bond acceptors (Lipinski definition) is 6. The van der Waals surface area contributed by atoms with Crippen LogP contribution in [-0.4, -0.2) is 54.3 Å². The van der Waals surface area contributed by atoms with Crippen molar-refractivity contribution >= 4 is 17.7 Å². The number of anilines is 1. The fourth-order valence-corrected chi connectivity index (χ4v) is 3.87. The van der Waals surface area contributed by atoms with E-state index in [2.05, 4.69) is 11.0 Å². The van der Waals surface area contributed by atoms with Crippen molar-refractivity contribution in [2.24, 2.45) is 0 Å². The van der Waals surface area contributed by atoms with Crippen molar-refractivity contribution in [3.8, 4) is 6.07 Å². The first kappa shape index (κ1) is 26.5. The lowest BCUT2D eigenvalue weighted by Crippen LogP contribution is -2.47. The lowest BCUT2D eigenvalue weighted by Gasteiger charge is -2.38. The van der Waals surface area contributed by atoms with Crippen molar-refractivity contribution in [1.29, 1.82) is 5.26 Å². The molecule has 1 fully saturated rings. The number of carbonyl (C=O) groups is 2. The molecule has 1 aromatic rings. The van der Waals surface area contributed by atoms with Gasteiger partial charge >= 0.3 is 12.1 Å². The normalized spacial score (nSPS) is 16.0. The van der Waals surface area contributed by atoms with Crippen LogP contribution in [0.25, 0.3) is 0 Å². The van der Waals surface area contributed by atoms with E-state index in [0.717, 1.165) is 37.2 Å². The Kier molecular flexibility index (Phi) is 8.76. The molecule has 0 spiro atoms. The molecule has 1 saturated heterocycles. The van der Waals surface area contributed by atoms with E-state index in [4.69, 9.17) is 9.47 Å². The summed E-state index contributed by atoms with van der Waals surface area (Å²) in [6.07, 6.45) is 2.12. The zero-order valence-electron chi connectivity index (χ0n) is 21.2. The average Bonchev–Trinajstić information content (AvgIpc) is 2.72. The second-order valence-electron chi connectivity index (χ2n) is 10.7. The number of piperidine rings is 1. The summed E-state index contributed by atoms with van der Waals surface area (Å²) >= 11 is 0. The van der Waals surface area contributed by atoms with E-state index in [1.807, 2.05) is 72.9 Å². The molecule has 0 N–H and O–H groups in total. The molecule has 7 heteroatoms. The third kappa shape index (κ3) is 8.60.